The molecule has 0 bridgehead atoms. The quantitative estimate of drug-likeness (QED) is 0.490. The van der Waals surface area contributed by atoms with Crippen molar-refractivity contribution in [3.8, 4) is 0 Å². The molecule has 0 aromatic heterocycles. The van der Waals surface area contributed by atoms with Crippen LogP contribution in [0.1, 0.15) is 32.1 Å². The zero-order valence-corrected chi connectivity index (χ0v) is 8.56. The topological polar surface area (TPSA) is 115 Å². The van der Waals surface area contributed by atoms with E-state index in [9.17, 15) is 4.79 Å². The third-order valence-electron chi connectivity index (χ3n) is 1.95. The molecule has 0 amide bonds. The average molecular weight is 226 g/mol. The van der Waals surface area contributed by atoms with E-state index in [0.29, 0.717) is 0 Å². The Balaban J connectivity index is 0.000000292. The Kier molecular flexibility index (Phi) is 5.95. The van der Waals surface area contributed by atoms with Crippen LogP contribution in [0.15, 0.2) is 0 Å². The molecule has 1 aliphatic rings. The number of aliphatic carboxylic acids is 1. The predicted molar refractivity (Wildman–Crippen MR) is 48.5 cm³/mol. The number of rotatable bonds is 1. The maximum absolute atomic E-state index is 10.4. The summed E-state index contributed by atoms with van der Waals surface area (Å²) in [5, 5.41) is 8.54. The first-order chi connectivity index (χ1) is 6.30. The first-order valence-corrected chi connectivity index (χ1v) is 5.88. The summed E-state index contributed by atoms with van der Waals surface area (Å²) in [6.07, 6.45) is 5.24. The highest BCUT2D eigenvalue weighted by Gasteiger charge is 2.19. The van der Waals surface area contributed by atoms with Crippen molar-refractivity contribution in [3.63, 3.8) is 0 Å². The van der Waals surface area contributed by atoms with Crippen LogP contribution in [0.5, 0.6) is 0 Å². The Morgan fingerprint density at radius 1 is 1.07 bits per heavy atom. The highest BCUT2D eigenvalue weighted by molar-refractivity contribution is 7.45. The van der Waals surface area contributed by atoms with Crippen molar-refractivity contribution in [1.82, 2.24) is 0 Å². The minimum atomic E-state index is -4.64. The summed E-state index contributed by atoms with van der Waals surface area (Å²) in [7, 11) is -4.64. The molecule has 84 valence electrons. The summed E-state index contributed by atoms with van der Waals surface area (Å²) < 4.78 is 8.88. The summed E-state index contributed by atoms with van der Waals surface area (Å²) >= 11 is 0. The molecule has 14 heavy (non-hydrogen) atoms. The molecule has 4 N–H and O–H groups in total. The van der Waals surface area contributed by atoms with Crippen LogP contribution in [0.2, 0.25) is 0 Å². The lowest BCUT2D eigenvalue weighted by Crippen LogP contribution is -2.16. The number of carboxylic acids is 1. The molecule has 7 heteroatoms. The second-order valence-electron chi connectivity index (χ2n) is 3.19. The molecule has 0 aromatic rings. The molecule has 0 aliphatic heterocycles. The fourth-order valence-corrected chi connectivity index (χ4v) is 1.35. The summed E-state index contributed by atoms with van der Waals surface area (Å²) in [4.78, 5) is 31.9. The fraction of sp³-hybridized carbons (Fsp3) is 0.857. The van der Waals surface area contributed by atoms with E-state index in [-0.39, 0.29) is 5.92 Å². The standard InChI is InChI=1S/C7H12O2.H3O4P/c8-7(9)6-4-2-1-3-5-6;1-5(2,3)4/h6H,1-5H2,(H,8,9);(H3,1,2,3,4). The van der Waals surface area contributed by atoms with Crippen molar-refractivity contribution < 1.29 is 29.1 Å². The molecule has 0 aromatic carbocycles. The lowest BCUT2D eigenvalue weighted by molar-refractivity contribution is -0.142. The van der Waals surface area contributed by atoms with Gasteiger partial charge in [0.15, 0.2) is 0 Å². The van der Waals surface area contributed by atoms with Crippen molar-refractivity contribution in [2.75, 3.05) is 0 Å². The predicted octanol–water partition coefficient (Wildman–Crippen LogP) is 0.723. The van der Waals surface area contributed by atoms with Crippen LogP contribution < -0.4 is 0 Å². The number of carboxylic acid groups (broad SMARTS) is 1. The fourth-order valence-electron chi connectivity index (χ4n) is 1.35. The van der Waals surface area contributed by atoms with Crippen LogP contribution in [0, 0.1) is 5.92 Å². The molecule has 0 heterocycles. The van der Waals surface area contributed by atoms with E-state index in [2.05, 4.69) is 0 Å². The Morgan fingerprint density at radius 3 is 1.64 bits per heavy atom. The zero-order chi connectivity index (χ0) is 11.2. The second-order valence-corrected chi connectivity index (χ2v) is 4.21. The second kappa shape index (κ2) is 6.14. The van der Waals surface area contributed by atoms with Crippen LogP contribution in [-0.4, -0.2) is 25.8 Å². The van der Waals surface area contributed by atoms with Gasteiger partial charge in [0.05, 0.1) is 5.92 Å². The van der Waals surface area contributed by atoms with E-state index < -0.39 is 13.8 Å². The lowest BCUT2D eigenvalue weighted by Gasteiger charge is -2.16. The molecular weight excluding hydrogens is 211 g/mol. The Morgan fingerprint density at radius 2 is 1.43 bits per heavy atom. The van der Waals surface area contributed by atoms with Gasteiger partial charge in [-0.25, -0.2) is 4.57 Å². The van der Waals surface area contributed by atoms with Crippen molar-refractivity contribution >= 4 is 13.8 Å². The van der Waals surface area contributed by atoms with Gasteiger partial charge in [-0.1, -0.05) is 19.3 Å². The SMILES string of the molecule is O=C(O)C1CCCCC1.O=P(O)(O)O. The first-order valence-electron chi connectivity index (χ1n) is 4.32. The van der Waals surface area contributed by atoms with Crippen LogP contribution >= 0.6 is 7.82 Å². The summed E-state index contributed by atoms with van der Waals surface area (Å²) in [6.45, 7) is 0. The normalized spacial score (nSPS) is 18.2. The largest absolute Gasteiger partial charge is 0.481 e. The number of carbonyl (C=O) groups is 1. The van der Waals surface area contributed by atoms with Crippen LogP contribution in [0.4, 0.5) is 0 Å². The number of hydrogen-bond donors (Lipinski definition) is 4. The van der Waals surface area contributed by atoms with E-state index in [4.69, 9.17) is 24.4 Å². The molecule has 0 radical (unpaired) electrons. The van der Waals surface area contributed by atoms with Crippen molar-refractivity contribution in [2.45, 2.75) is 32.1 Å². The maximum atomic E-state index is 10.4. The minimum absolute atomic E-state index is 0.0289. The Hall–Kier alpha value is -0.420. The molecule has 1 fully saturated rings. The monoisotopic (exact) mass is 226 g/mol. The molecule has 1 aliphatic carbocycles. The lowest BCUT2D eigenvalue weighted by atomic mass is 9.90. The third kappa shape index (κ3) is 9.67. The van der Waals surface area contributed by atoms with Gasteiger partial charge in [-0.15, -0.1) is 0 Å². The van der Waals surface area contributed by atoms with E-state index >= 15 is 0 Å². The van der Waals surface area contributed by atoms with Gasteiger partial charge >= 0.3 is 13.8 Å². The minimum Gasteiger partial charge on any atom is -0.481 e. The molecule has 0 unspecified atom stereocenters. The molecule has 1 saturated carbocycles. The molecule has 6 nitrogen and oxygen atoms in total. The summed E-state index contributed by atoms with van der Waals surface area (Å²) in [5.41, 5.74) is 0. The molecule has 0 spiro atoms. The highest BCUT2D eigenvalue weighted by Crippen LogP contribution is 2.25. The average Bonchev–Trinajstić information content (AvgIpc) is 2.03. The van der Waals surface area contributed by atoms with E-state index in [1.807, 2.05) is 0 Å². The van der Waals surface area contributed by atoms with Gasteiger partial charge in [-0.2, -0.15) is 0 Å². The van der Waals surface area contributed by atoms with Gasteiger partial charge in [0.1, 0.15) is 0 Å². The number of phosphoric acid groups is 1. The van der Waals surface area contributed by atoms with Gasteiger partial charge in [0, 0.05) is 0 Å². The Bertz CT molecular complexity index is 208. The van der Waals surface area contributed by atoms with Crippen molar-refractivity contribution in [2.24, 2.45) is 5.92 Å². The van der Waals surface area contributed by atoms with Gasteiger partial charge in [-0.3, -0.25) is 4.79 Å². The smallest absolute Gasteiger partial charge is 0.466 e. The van der Waals surface area contributed by atoms with Crippen LogP contribution in [0.25, 0.3) is 0 Å². The van der Waals surface area contributed by atoms with Crippen molar-refractivity contribution in [1.29, 1.82) is 0 Å². The van der Waals surface area contributed by atoms with Gasteiger partial charge in [0.2, 0.25) is 0 Å². The summed E-state index contributed by atoms with van der Waals surface area (Å²) in [6, 6.07) is 0. The van der Waals surface area contributed by atoms with Gasteiger partial charge in [-0.05, 0) is 12.8 Å². The highest BCUT2D eigenvalue weighted by atomic mass is 31.2. The zero-order valence-electron chi connectivity index (χ0n) is 7.67. The Labute approximate surface area is 81.8 Å². The van der Waals surface area contributed by atoms with Crippen molar-refractivity contribution in [3.05, 3.63) is 0 Å². The van der Waals surface area contributed by atoms with Gasteiger partial charge in [0.25, 0.3) is 0 Å². The molecule has 0 saturated heterocycles. The van der Waals surface area contributed by atoms with E-state index in [0.717, 1.165) is 25.7 Å². The van der Waals surface area contributed by atoms with Crippen LogP contribution in [0.3, 0.4) is 0 Å². The van der Waals surface area contributed by atoms with Gasteiger partial charge < -0.3 is 19.8 Å². The molecule has 1 rings (SSSR count). The molecular formula is C7H15O6P. The maximum Gasteiger partial charge on any atom is 0.466 e. The first kappa shape index (κ1) is 13.6. The molecule has 0 atom stereocenters. The third-order valence-corrected chi connectivity index (χ3v) is 1.95. The van der Waals surface area contributed by atoms with Crippen LogP contribution in [-0.2, 0) is 9.36 Å². The van der Waals surface area contributed by atoms with E-state index in [1.165, 1.54) is 6.42 Å². The number of hydrogen-bond acceptors (Lipinski definition) is 2. The summed E-state index contributed by atoms with van der Waals surface area (Å²) in [5.74, 6) is -0.631. The van der Waals surface area contributed by atoms with E-state index in [1.54, 1.807) is 0 Å².